The van der Waals surface area contributed by atoms with Gasteiger partial charge in [-0.3, -0.25) is 20.0 Å². The fourth-order valence-electron chi connectivity index (χ4n) is 3.01. The van der Waals surface area contributed by atoms with Gasteiger partial charge in [-0.05, 0) is 12.1 Å². The highest BCUT2D eigenvalue weighted by Gasteiger charge is 2.18. The molecule has 2 aromatic heterocycles. The smallest absolute Gasteiger partial charge is 0.269 e. The van der Waals surface area contributed by atoms with Crippen LogP contribution >= 0.6 is 0 Å². The Balaban J connectivity index is 1.35. The van der Waals surface area contributed by atoms with Gasteiger partial charge in [0.15, 0.2) is 5.82 Å². The van der Waals surface area contributed by atoms with Crippen LogP contribution in [0, 0.1) is 10.1 Å². The molecule has 0 radical (unpaired) electrons. The summed E-state index contributed by atoms with van der Waals surface area (Å²) in [6.07, 6.45) is 6.85. The number of piperazine rings is 1. The maximum Gasteiger partial charge on any atom is 0.269 e. The quantitative estimate of drug-likeness (QED) is 0.493. The summed E-state index contributed by atoms with van der Waals surface area (Å²) in [6.45, 7) is 4.19. The minimum absolute atomic E-state index is 0.0548. The molecule has 0 bridgehead atoms. The van der Waals surface area contributed by atoms with Crippen LogP contribution in [0.2, 0.25) is 0 Å². The van der Waals surface area contributed by atoms with Crippen LogP contribution in [0.5, 0.6) is 0 Å². The summed E-state index contributed by atoms with van der Waals surface area (Å²) >= 11 is 0. The molecule has 138 valence electrons. The highest BCUT2D eigenvalue weighted by Crippen LogP contribution is 2.19. The third-order valence-electron chi connectivity index (χ3n) is 4.46. The van der Waals surface area contributed by atoms with E-state index in [9.17, 15) is 10.1 Å². The van der Waals surface area contributed by atoms with Gasteiger partial charge in [0.2, 0.25) is 0 Å². The minimum Gasteiger partial charge on any atom is -0.353 e. The Bertz CT molecular complexity index is 904. The molecule has 10 nitrogen and oxygen atoms in total. The Hall–Kier alpha value is -3.40. The molecular formula is C17H18N8O2. The van der Waals surface area contributed by atoms with Crippen molar-refractivity contribution >= 4 is 11.5 Å². The van der Waals surface area contributed by atoms with Crippen molar-refractivity contribution in [1.82, 2.24) is 29.6 Å². The lowest BCUT2D eigenvalue weighted by atomic mass is 10.2. The van der Waals surface area contributed by atoms with E-state index in [0.29, 0.717) is 12.5 Å². The largest absolute Gasteiger partial charge is 0.353 e. The van der Waals surface area contributed by atoms with Crippen LogP contribution in [0.15, 0.2) is 49.2 Å². The molecule has 0 saturated carbocycles. The molecule has 0 atom stereocenters. The summed E-state index contributed by atoms with van der Waals surface area (Å²) < 4.78 is 1.79. The molecule has 3 heterocycles. The number of aromatic nitrogens is 5. The lowest BCUT2D eigenvalue weighted by Gasteiger charge is -2.34. The Morgan fingerprint density at radius 2 is 1.81 bits per heavy atom. The Morgan fingerprint density at radius 3 is 2.48 bits per heavy atom. The number of nitrogens with zero attached hydrogens (tertiary/aromatic N) is 8. The summed E-state index contributed by atoms with van der Waals surface area (Å²) in [7, 11) is 0. The van der Waals surface area contributed by atoms with Crippen molar-refractivity contribution in [3.63, 3.8) is 0 Å². The molecule has 0 unspecified atom stereocenters. The van der Waals surface area contributed by atoms with Crippen molar-refractivity contribution in [2.45, 2.75) is 6.67 Å². The normalized spacial score (nSPS) is 15.0. The molecule has 1 fully saturated rings. The zero-order valence-electron chi connectivity index (χ0n) is 14.5. The second kappa shape index (κ2) is 7.46. The van der Waals surface area contributed by atoms with E-state index >= 15 is 0 Å². The van der Waals surface area contributed by atoms with Gasteiger partial charge in [-0.1, -0.05) is 0 Å². The molecule has 1 aromatic carbocycles. The van der Waals surface area contributed by atoms with E-state index in [2.05, 4.69) is 29.9 Å². The second-order valence-electron chi connectivity index (χ2n) is 6.22. The maximum atomic E-state index is 10.7. The number of non-ortho nitro benzene ring substituents is 1. The summed E-state index contributed by atoms with van der Waals surface area (Å²) in [6, 6.07) is 6.25. The van der Waals surface area contributed by atoms with Crippen LogP contribution in [0.25, 0.3) is 11.4 Å². The highest BCUT2D eigenvalue weighted by molar-refractivity contribution is 5.56. The number of nitro benzene ring substituents is 1. The second-order valence-corrected chi connectivity index (χ2v) is 6.22. The zero-order chi connectivity index (χ0) is 18.6. The van der Waals surface area contributed by atoms with E-state index in [1.54, 1.807) is 41.7 Å². The molecule has 0 N–H and O–H groups in total. The number of hydrogen-bond donors (Lipinski definition) is 0. The minimum atomic E-state index is -0.420. The highest BCUT2D eigenvalue weighted by atomic mass is 16.6. The monoisotopic (exact) mass is 366 g/mol. The first-order valence-electron chi connectivity index (χ1n) is 8.56. The summed E-state index contributed by atoms with van der Waals surface area (Å²) in [5.41, 5.74) is 0.811. The molecular weight excluding hydrogens is 348 g/mol. The summed E-state index contributed by atoms with van der Waals surface area (Å²) in [5.74, 6) is 1.46. The van der Waals surface area contributed by atoms with Crippen LogP contribution < -0.4 is 4.90 Å². The van der Waals surface area contributed by atoms with Gasteiger partial charge in [0.1, 0.15) is 12.1 Å². The lowest BCUT2D eigenvalue weighted by Crippen LogP contribution is -2.47. The molecule has 0 spiro atoms. The van der Waals surface area contributed by atoms with Crippen LogP contribution in [0.4, 0.5) is 11.5 Å². The van der Waals surface area contributed by atoms with Crippen molar-refractivity contribution in [2.24, 2.45) is 0 Å². The zero-order valence-corrected chi connectivity index (χ0v) is 14.5. The maximum absolute atomic E-state index is 10.7. The van der Waals surface area contributed by atoms with Gasteiger partial charge in [-0.25, -0.2) is 14.6 Å². The third-order valence-corrected chi connectivity index (χ3v) is 4.46. The average Bonchev–Trinajstić information content (AvgIpc) is 3.18. The van der Waals surface area contributed by atoms with Crippen molar-refractivity contribution in [2.75, 3.05) is 31.1 Å². The predicted molar refractivity (Wildman–Crippen MR) is 97.9 cm³/mol. The van der Waals surface area contributed by atoms with Gasteiger partial charge in [0.25, 0.3) is 5.69 Å². The van der Waals surface area contributed by atoms with Crippen LogP contribution in [0.3, 0.4) is 0 Å². The standard InChI is InChI=1S/C17H18N8O2/c26-25(27)15-3-1-14(2-4-15)17-20-12-24(21-17)13-22-7-9-23(10-8-22)16-11-18-5-6-19-16/h1-6,11-12H,7-10,13H2. The van der Waals surface area contributed by atoms with Gasteiger partial charge in [-0.2, -0.15) is 0 Å². The molecule has 1 saturated heterocycles. The van der Waals surface area contributed by atoms with Crippen molar-refractivity contribution in [3.05, 3.63) is 59.3 Å². The SMILES string of the molecule is O=[N+]([O-])c1ccc(-c2ncn(CN3CCN(c4cnccn4)CC3)n2)cc1. The van der Waals surface area contributed by atoms with Crippen LogP contribution in [0.1, 0.15) is 0 Å². The molecule has 1 aliphatic rings. The van der Waals surface area contributed by atoms with Crippen LogP contribution in [-0.2, 0) is 6.67 Å². The Labute approximate surface area is 155 Å². The molecule has 0 amide bonds. The molecule has 3 aromatic rings. The lowest BCUT2D eigenvalue weighted by molar-refractivity contribution is -0.384. The van der Waals surface area contributed by atoms with Gasteiger partial charge in [0, 0.05) is 56.3 Å². The van der Waals surface area contributed by atoms with Gasteiger partial charge in [0.05, 0.1) is 17.8 Å². The number of nitro groups is 1. The number of anilines is 1. The number of benzene rings is 1. The van der Waals surface area contributed by atoms with Crippen LogP contribution in [-0.4, -0.2) is 60.7 Å². The topological polar surface area (TPSA) is 106 Å². The van der Waals surface area contributed by atoms with E-state index in [1.165, 1.54) is 12.1 Å². The first kappa shape index (κ1) is 17.0. The average molecular weight is 366 g/mol. The van der Waals surface area contributed by atoms with Gasteiger partial charge >= 0.3 is 0 Å². The van der Waals surface area contributed by atoms with E-state index < -0.39 is 4.92 Å². The Kier molecular flexibility index (Phi) is 4.71. The van der Waals surface area contributed by atoms with E-state index in [4.69, 9.17) is 0 Å². The Morgan fingerprint density at radius 1 is 1.04 bits per heavy atom. The number of rotatable bonds is 5. The van der Waals surface area contributed by atoms with Crippen molar-refractivity contribution in [3.8, 4) is 11.4 Å². The molecule has 4 rings (SSSR count). The van der Waals surface area contributed by atoms with E-state index in [0.717, 1.165) is 37.6 Å². The fourth-order valence-corrected chi connectivity index (χ4v) is 3.01. The molecule has 1 aliphatic heterocycles. The van der Waals surface area contributed by atoms with Crippen molar-refractivity contribution in [1.29, 1.82) is 0 Å². The fraction of sp³-hybridized carbons (Fsp3) is 0.294. The van der Waals surface area contributed by atoms with E-state index in [-0.39, 0.29) is 5.69 Å². The van der Waals surface area contributed by atoms with Crippen molar-refractivity contribution < 1.29 is 4.92 Å². The van der Waals surface area contributed by atoms with Gasteiger partial charge < -0.3 is 4.90 Å². The first-order chi connectivity index (χ1) is 13.2. The third kappa shape index (κ3) is 3.90. The molecule has 10 heteroatoms. The number of hydrogen-bond acceptors (Lipinski definition) is 8. The first-order valence-corrected chi connectivity index (χ1v) is 8.56. The summed E-state index contributed by atoms with van der Waals surface area (Å²) in [4.78, 5) is 27.6. The molecule has 27 heavy (non-hydrogen) atoms. The predicted octanol–water partition coefficient (Wildman–Crippen LogP) is 1.42. The van der Waals surface area contributed by atoms with E-state index in [1.807, 2.05) is 0 Å². The molecule has 0 aliphatic carbocycles. The van der Waals surface area contributed by atoms with Gasteiger partial charge in [-0.15, -0.1) is 5.10 Å². The summed E-state index contributed by atoms with van der Waals surface area (Å²) in [5, 5.41) is 15.2.